The number of likely N-dealkylation sites (N-methyl/N-ethyl adjacent to an activating group) is 1. The molecule has 0 spiro atoms. The Morgan fingerprint density at radius 1 is 0.969 bits per heavy atom. The van der Waals surface area contributed by atoms with Gasteiger partial charge in [0.15, 0.2) is 0 Å². The zero-order chi connectivity index (χ0) is 21.1. The summed E-state index contributed by atoms with van der Waals surface area (Å²) in [6.45, 7) is 11.2. The Hall–Kier alpha value is -2.05. The third kappa shape index (κ3) is 6.26. The molecule has 0 radical (unpaired) electrons. The molecule has 0 amide bonds. The molecule has 2 heterocycles. The molecule has 4 rings (SSSR count). The Kier molecular flexibility index (Phi) is 9.17. The maximum atomic E-state index is 9.86. The lowest BCUT2D eigenvalue weighted by Crippen LogP contribution is -2.46. The van der Waals surface area contributed by atoms with Crippen LogP contribution in [-0.2, 0) is 0 Å². The number of benzene rings is 2. The number of piperazine rings is 1. The second-order valence-electron chi connectivity index (χ2n) is 8.60. The average molecular weight is 478 g/mol. The molecule has 5 nitrogen and oxygen atoms in total. The summed E-state index contributed by atoms with van der Waals surface area (Å²) in [5, 5.41) is 12.3. The van der Waals surface area contributed by atoms with E-state index in [1.807, 2.05) is 24.3 Å². The van der Waals surface area contributed by atoms with E-state index in [9.17, 15) is 5.11 Å². The Bertz CT molecular complexity index is 998. The van der Waals surface area contributed by atoms with Crippen LogP contribution in [0.1, 0.15) is 20.8 Å². The van der Waals surface area contributed by atoms with E-state index < -0.39 is 5.60 Å². The van der Waals surface area contributed by atoms with Crippen LogP contribution in [0.15, 0.2) is 54.6 Å². The first-order valence-corrected chi connectivity index (χ1v) is 10.8. The highest BCUT2D eigenvalue weighted by atomic mass is 35.5. The predicted octanol–water partition coefficient (Wildman–Crippen LogP) is 5.04. The number of rotatable bonds is 6. The molecule has 1 aliphatic heterocycles. The number of pyridine rings is 1. The fourth-order valence-electron chi connectivity index (χ4n) is 3.83. The smallest absolute Gasteiger partial charge is 0.137 e. The fraction of sp³-hybridized carbons (Fsp3) is 0.400. The zero-order valence-corrected chi connectivity index (χ0v) is 20.6. The molecule has 1 fully saturated rings. The quantitative estimate of drug-likeness (QED) is 0.538. The SMILES string of the molecule is CCN1CCN(c2nc(-c3ccc(OCC(C)(C)O)cc3)cc3ccccc23)CC1.Cl.Cl. The topological polar surface area (TPSA) is 48.8 Å². The molecule has 3 aromatic rings. The van der Waals surface area contributed by atoms with E-state index in [4.69, 9.17) is 9.72 Å². The second kappa shape index (κ2) is 11.2. The van der Waals surface area contributed by atoms with Crippen molar-refractivity contribution in [1.29, 1.82) is 0 Å². The van der Waals surface area contributed by atoms with E-state index in [1.165, 1.54) is 10.8 Å². The minimum Gasteiger partial charge on any atom is -0.491 e. The van der Waals surface area contributed by atoms with Crippen LogP contribution >= 0.6 is 24.8 Å². The Labute approximate surface area is 203 Å². The molecule has 7 heteroatoms. The third-order valence-electron chi connectivity index (χ3n) is 5.58. The van der Waals surface area contributed by atoms with Gasteiger partial charge in [0, 0.05) is 37.1 Å². The van der Waals surface area contributed by atoms with Crippen LogP contribution in [0, 0.1) is 0 Å². The first-order chi connectivity index (χ1) is 14.4. The number of aliphatic hydroxyl groups is 1. The largest absolute Gasteiger partial charge is 0.491 e. The van der Waals surface area contributed by atoms with E-state index >= 15 is 0 Å². The first kappa shape index (κ1) is 26.2. The summed E-state index contributed by atoms with van der Waals surface area (Å²) in [6, 6.07) is 18.6. The maximum Gasteiger partial charge on any atom is 0.137 e. The average Bonchev–Trinajstić information content (AvgIpc) is 2.77. The van der Waals surface area contributed by atoms with E-state index in [-0.39, 0.29) is 31.4 Å². The first-order valence-electron chi connectivity index (χ1n) is 10.8. The van der Waals surface area contributed by atoms with Gasteiger partial charge in [-0.3, -0.25) is 0 Å². The Balaban J connectivity index is 0.00000181. The molecule has 174 valence electrons. The number of halogens is 2. The summed E-state index contributed by atoms with van der Waals surface area (Å²) in [5.74, 6) is 1.82. The Morgan fingerprint density at radius 3 is 2.25 bits per heavy atom. The molecule has 1 N–H and O–H groups in total. The van der Waals surface area contributed by atoms with Gasteiger partial charge in [-0.2, -0.15) is 0 Å². The van der Waals surface area contributed by atoms with Crippen molar-refractivity contribution in [1.82, 2.24) is 9.88 Å². The van der Waals surface area contributed by atoms with Crippen LogP contribution in [-0.4, -0.2) is 59.9 Å². The summed E-state index contributed by atoms with van der Waals surface area (Å²) < 4.78 is 5.69. The Morgan fingerprint density at radius 2 is 1.62 bits per heavy atom. The molecule has 0 bridgehead atoms. The normalized spacial score (nSPS) is 14.6. The van der Waals surface area contributed by atoms with Crippen LogP contribution in [0.2, 0.25) is 0 Å². The highest BCUT2D eigenvalue weighted by Gasteiger charge is 2.20. The number of hydrogen-bond donors (Lipinski definition) is 1. The van der Waals surface area contributed by atoms with Crippen molar-refractivity contribution in [2.75, 3.05) is 44.2 Å². The molecule has 1 aliphatic rings. The molecule has 1 aromatic heterocycles. The summed E-state index contributed by atoms with van der Waals surface area (Å²) in [6.07, 6.45) is 0. The van der Waals surface area contributed by atoms with E-state index in [0.717, 1.165) is 55.5 Å². The van der Waals surface area contributed by atoms with Gasteiger partial charge in [-0.1, -0.05) is 31.2 Å². The molecule has 32 heavy (non-hydrogen) atoms. The number of aromatic nitrogens is 1. The molecular formula is C25H33Cl2N3O2. The van der Waals surface area contributed by atoms with Crippen molar-refractivity contribution < 1.29 is 9.84 Å². The highest BCUT2D eigenvalue weighted by molar-refractivity contribution is 5.95. The van der Waals surface area contributed by atoms with Gasteiger partial charge in [-0.05, 0) is 56.1 Å². The molecule has 0 saturated carbocycles. The van der Waals surface area contributed by atoms with Crippen LogP contribution < -0.4 is 9.64 Å². The molecular weight excluding hydrogens is 445 g/mol. The van der Waals surface area contributed by atoms with Gasteiger partial charge < -0.3 is 19.6 Å². The number of nitrogens with zero attached hydrogens (tertiary/aromatic N) is 3. The summed E-state index contributed by atoms with van der Waals surface area (Å²) >= 11 is 0. The minimum absolute atomic E-state index is 0. The van der Waals surface area contributed by atoms with Gasteiger partial charge >= 0.3 is 0 Å². The van der Waals surface area contributed by atoms with E-state index in [1.54, 1.807) is 13.8 Å². The van der Waals surface area contributed by atoms with Crippen LogP contribution in [0.4, 0.5) is 5.82 Å². The lowest BCUT2D eigenvalue weighted by molar-refractivity contribution is 0.0285. The summed E-state index contributed by atoms with van der Waals surface area (Å²) in [5.41, 5.74) is 1.18. The second-order valence-corrected chi connectivity index (χ2v) is 8.60. The maximum absolute atomic E-state index is 9.86. The number of anilines is 1. The van der Waals surface area contributed by atoms with Gasteiger partial charge in [-0.25, -0.2) is 4.98 Å². The van der Waals surface area contributed by atoms with Crippen LogP contribution in [0.5, 0.6) is 5.75 Å². The van der Waals surface area contributed by atoms with Gasteiger partial charge in [-0.15, -0.1) is 24.8 Å². The molecule has 0 unspecified atom stereocenters. The van der Waals surface area contributed by atoms with E-state index in [2.05, 4.69) is 47.1 Å². The predicted molar refractivity (Wildman–Crippen MR) is 138 cm³/mol. The molecule has 1 saturated heterocycles. The summed E-state index contributed by atoms with van der Waals surface area (Å²) in [4.78, 5) is 9.98. The lowest BCUT2D eigenvalue weighted by Gasteiger charge is -2.35. The highest BCUT2D eigenvalue weighted by Crippen LogP contribution is 2.31. The van der Waals surface area contributed by atoms with E-state index in [0.29, 0.717) is 0 Å². The lowest BCUT2D eigenvalue weighted by atomic mass is 10.1. The van der Waals surface area contributed by atoms with Crippen molar-refractivity contribution in [2.24, 2.45) is 0 Å². The number of ether oxygens (including phenoxy) is 1. The zero-order valence-electron chi connectivity index (χ0n) is 19.0. The van der Waals surface area contributed by atoms with Crippen molar-refractivity contribution in [3.63, 3.8) is 0 Å². The standard InChI is InChI=1S/C25H31N3O2.2ClH/c1-4-27-13-15-28(16-14-27)24-22-8-6-5-7-20(22)17-23(26-24)19-9-11-21(12-10-19)30-18-25(2,3)29;;/h5-12,17,29H,4,13-16,18H2,1-3H3;2*1H. The van der Waals surface area contributed by atoms with Gasteiger partial charge in [0.25, 0.3) is 0 Å². The van der Waals surface area contributed by atoms with Gasteiger partial charge in [0.05, 0.1) is 11.3 Å². The van der Waals surface area contributed by atoms with Crippen molar-refractivity contribution in [2.45, 2.75) is 26.4 Å². The van der Waals surface area contributed by atoms with Gasteiger partial charge in [0.1, 0.15) is 18.2 Å². The molecule has 0 aliphatic carbocycles. The number of hydrogen-bond acceptors (Lipinski definition) is 5. The number of fused-ring (bicyclic) bond motifs is 1. The van der Waals surface area contributed by atoms with Crippen LogP contribution in [0.25, 0.3) is 22.0 Å². The van der Waals surface area contributed by atoms with Crippen molar-refractivity contribution in [3.8, 4) is 17.0 Å². The third-order valence-corrected chi connectivity index (χ3v) is 5.58. The summed E-state index contributed by atoms with van der Waals surface area (Å²) in [7, 11) is 0. The minimum atomic E-state index is -0.852. The molecule has 2 aromatic carbocycles. The molecule has 0 atom stereocenters. The van der Waals surface area contributed by atoms with Gasteiger partial charge in [0.2, 0.25) is 0 Å². The fourth-order valence-corrected chi connectivity index (χ4v) is 3.83. The van der Waals surface area contributed by atoms with Crippen LogP contribution in [0.3, 0.4) is 0 Å². The van der Waals surface area contributed by atoms with Crippen molar-refractivity contribution in [3.05, 3.63) is 54.6 Å². The monoisotopic (exact) mass is 477 g/mol. The van der Waals surface area contributed by atoms with Crippen molar-refractivity contribution >= 4 is 41.4 Å².